The van der Waals surface area contributed by atoms with Crippen LogP contribution in [0.4, 0.5) is 0 Å². The van der Waals surface area contributed by atoms with Gasteiger partial charge in [0.2, 0.25) is 0 Å². The maximum atomic E-state index is 13.4. The van der Waals surface area contributed by atoms with E-state index >= 15 is 0 Å². The number of carbonyl (C=O) groups excluding carboxylic acids is 1. The van der Waals surface area contributed by atoms with E-state index in [4.69, 9.17) is 0 Å². The SMILES string of the molecule is O=C(C1=C[C@H]2CC[C@@H]1C2)C1C(c2cccc(O)c2)[C@@H]2CC[C@H]1C2. The third kappa shape index (κ3) is 2.03. The predicted octanol–water partition coefficient (Wildman–Crippen LogP) is 4.45. The molecule has 2 unspecified atom stereocenters. The summed E-state index contributed by atoms with van der Waals surface area (Å²) in [6.07, 6.45) is 9.71. The van der Waals surface area contributed by atoms with Crippen molar-refractivity contribution in [2.24, 2.45) is 29.6 Å². The van der Waals surface area contributed by atoms with Crippen molar-refractivity contribution in [2.75, 3.05) is 0 Å². The van der Waals surface area contributed by atoms with Gasteiger partial charge in [-0.1, -0.05) is 18.2 Å². The molecule has 0 aromatic heterocycles. The van der Waals surface area contributed by atoms with E-state index in [0.29, 0.717) is 41.1 Å². The minimum atomic E-state index is 0.168. The molecule has 4 bridgehead atoms. The van der Waals surface area contributed by atoms with Crippen molar-refractivity contribution in [3.8, 4) is 5.75 Å². The number of benzene rings is 1. The molecule has 2 nitrogen and oxygen atoms in total. The van der Waals surface area contributed by atoms with Gasteiger partial charge in [0.1, 0.15) is 5.75 Å². The number of Topliss-reactive ketones (excluding diaryl/α,β-unsaturated/α-hetero) is 1. The first kappa shape index (κ1) is 13.8. The van der Waals surface area contributed by atoms with Gasteiger partial charge in [0.25, 0.3) is 0 Å². The van der Waals surface area contributed by atoms with Gasteiger partial charge in [-0.2, -0.15) is 0 Å². The summed E-state index contributed by atoms with van der Waals surface area (Å²) >= 11 is 0. The minimum Gasteiger partial charge on any atom is -0.508 e. The van der Waals surface area contributed by atoms with Crippen molar-refractivity contribution in [1.82, 2.24) is 0 Å². The molecule has 0 radical (unpaired) electrons. The van der Waals surface area contributed by atoms with E-state index in [-0.39, 0.29) is 5.92 Å². The number of phenols is 1. The van der Waals surface area contributed by atoms with Gasteiger partial charge in [0.05, 0.1) is 0 Å². The Balaban J connectivity index is 1.50. The van der Waals surface area contributed by atoms with Crippen molar-refractivity contribution in [3.63, 3.8) is 0 Å². The molecule has 0 amide bonds. The maximum absolute atomic E-state index is 13.4. The van der Waals surface area contributed by atoms with Crippen LogP contribution in [0.25, 0.3) is 0 Å². The molecule has 3 fully saturated rings. The van der Waals surface area contributed by atoms with E-state index in [2.05, 4.69) is 12.1 Å². The average Bonchev–Trinajstić information content (AvgIpc) is 3.32. The van der Waals surface area contributed by atoms with Gasteiger partial charge >= 0.3 is 0 Å². The first-order valence-electron chi connectivity index (χ1n) is 9.25. The Hall–Kier alpha value is -1.57. The van der Waals surface area contributed by atoms with Gasteiger partial charge in [0.15, 0.2) is 5.78 Å². The van der Waals surface area contributed by atoms with Crippen LogP contribution in [0.5, 0.6) is 5.75 Å². The fraction of sp³-hybridized carbons (Fsp3) is 0.571. The van der Waals surface area contributed by atoms with E-state index in [1.807, 2.05) is 12.1 Å². The molecule has 1 N–H and O–H groups in total. The molecule has 0 heterocycles. The molecule has 5 rings (SSSR count). The molecule has 0 saturated heterocycles. The summed E-state index contributed by atoms with van der Waals surface area (Å²) in [5.41, 5.74) is 2.35. The lowest BCUT2D eigenvalue weighted by atomic mass is 9.71. The quantitative estimate of drug-likeness (QED) is 0.896. The average molecular weight is 308 g/mol. The zero-order chi connectivity index (χ0) is 15.6. The number of carbonyl (C=O) groups is 1. The molecule has 1 aromatic rings. The largest absolute Gasteiger partial charge is 0.508 e. The first-order chi connectivity index (χ1) is 11.2. The molecule has 120 valence electrons. The van der Waals surface area contributed by atoms with Crippen LogP contribution < -0.4 is 0 Å². The van der Waals surface area contributed by atoms with Crippen molar-refractivity contribution >= 4 is 5.78 Å². The Morgan fingerprint density at radius 3 is 2.65 bits per heavy atom. The summed E-state index contributed by atoms with van der Waals surface area (Å²) in [6, 6.07) is 7.66. The van der Waals surface area contributed by atoms with Crippen LogP contribution in [0.3, 0.4) is 0 Å². The molecule has 2 heteroatoms. The Kier molecular flexibility index (Phi) is 2.98. The normalized spacial score (nSPS) is 40.6. The standard InChI is InChI=1S/C21H24O2/c22-17-3-1-2-14(11-17)19-15-6-7-16(10-15)20(19)21(23)18-9-12-4-5-13(18)8-12/h1-3,9,11-13,15-16,19-20,22H,4-8,10H2/t12-,13+,15+,16-,19?,20?/m0/s1. The van der Waals surface area contributed by atoms with Crippen LogP contribution in [0.2, 0.25) is 0 Å². The van der Waals surface area contributed by atoms with E-state index in [9.17, 15) is 9.90 Å². The molecule has 4 aliphatic rings. The molecule has 0 spiro atoms. The second kappa shape index (κ2) is 4.96. The molecule has 1 aromatic carbocycles. The lowest BCUT2D eigenvalue weighted by Gasteiger charge is -2.32. The molecule has 3 saturated carbocycles. The molecular weight excluding hydrogens is 284 g/mol. The molecule has 23 heavy (non-hydrogen) atoms. The lowest BCUT2D eigenvalue weighted by molar-refractivity contribution is -0.121. The van der Waals surface area contributed by atoms with Crippen LogP contribution in [0.1, 0.15) is 50.0 Å². The Morgan fingerprint density at radius 1 is 1.04 bits per heavy atom. The second-order valence-corrected chi connectivity index (χ2v) is 8.24. The van der Waals surface area contributed by atoms with Gasteiger partial charge in [-0.3, -0.25) is 4.79 Å². The molecule has 0 aliphatic heterocycles. The highest BCUT2D eigenvalue weighted by atomic mass is 16.3. The van der Waals surface area contributed by atoms with Gasteiger partial charge in [-0.25, -0.2) is 0 Å². The number of hydrogen-bond donors (Lipinski definition) is 1. The van der Waals surface area contributed by atoms with Crippen molar-refractivity contribution in [1.29, 1.82) is 0 Å². The zero-order valence-electron chi connectivity index (χ0n) is 13.4. The number of rotatable bonds is 3. The van der Waals surface area contributed by atoms with E-state index in [1.54, 1.807) is 6.07 Å². The Labute approximate surface area is 137 Å². The van der Waals surface area contributed by atoms with Gasteiger partial charge in [0, 0.05) is 5.92 Å². The van der Waals surface area contributed by atoms with Gasteiger partial charge in [-0.05, 0) is 91.4 Å². The van der Waals surface area contributed by atoms with Gasteiger partial charge < -0.3 is 5.11 Å². The van der Waals surface area contributed by atoms with Crippen molar-refractivity contribution < 1.29 is 9.90 Å². The number of aromatic hydroxyl groups is 1. The fourth-order valence-corrected chi connectivity index (χ4v) is 6.20. The molecule has 6 atom stereocenters. The minimum absolute atomic E-state index is 0.168. The smallest absolute Gasteiger partial charge is 0.162 e. The molecule has 4 aliphatic carbocycles. The van der Waals surface area contributed by atoms with Crippen LogP contribution in [-0.4, -0.2) is 10.9 Å². The summed E-state index contributed by atoms with van der Waals surface area (Å²) in [5, 5.41) is 9.87. The van der Waals surface area contributed by atoms with Crippen molar-refractivity contribution in [2.45, 2.75) is 44.4 Å². The second-order valence-electron chi connectivity index (χ2n) is 8.24. The number of hydrogen-bond acceptors (Lipinski definition) is 2. The Morgan fingerprint density at radius 2 is 1.91 bits per heavy atom. The lowest BCUT2D eigenvalue weighted by Crippen LogP contribution is -2.30. The monoisotopic (exact) mass is 308 g/mol. The third-order valence-corrected chi connectivity index (χ3v) is 7.09. The highest BCUT2D eigenvalue weighted by molar-refractivity contribution is 5.99. The van der Waals surface area contributed by atoms with Crippen LogP contribution in [0.15, 0.2) is 35.9 Å². The van der Waals surface area contributed by atoms with E-state index < -0.39 is 0 Å². The molecular formula is C21H24O2. The summed E-state index contributed by atoms with van der Waals surface area (Å²) in [6.45, 7) is 0. The van der Waals surface area contributed by atoms with Crippen LogP contribution in [-0.2, 0) is 4.79 Å². The van der Waals surface area contributed by atoms with Gasteiger partial charge in [-0.15, -0.1) is 0 Å². The highest BCUT2D eigenvalue weighted by Crippen LogP contribution is 2.59. The number of allylic oxidation sites excluding steroid dienone is 2. The predicted molar refractivity (Wildman–Crippen MR) is 89.1 cm³/mol. The summed E-state index contributed by atoms with van der Waals surface area (Å²) in [4.78, 5) is 13.4. The first-order valence-corrected chi connectivity index (χ1v) is 9.25. The van der Waals surface area contributed by atoms with E-state index in [1.165, 1.54) is 49.7 Å². The number of ketones is 1. The topological polar surface area (TPSA) is 37.3 Å². The highest BCUT2D eigenvalue weighted by Gasteiger charge is 2.52. The van der Waals surface area contributed by atoms with Crippen LogP contribution >= 0.6 is 0 Å². The fourth-order valence-electron chi connectivity index (χ4n) is 6.20. The summed E-state index contributed by atoms with van der Waals surface area (Å²) in [7, 11) is 0. The summed E-state index contributed by atoms with van der Waals surface area (Å²) < 4.78 is 0. The number of phenolic OH excluding ortho intramolecular Hbond substituents is 1. The summed E-state index contributed by atoms with van der Waals surface area (Å²) in [5.74, 6) is 3.71. The van der Waals surface area contributed by atoms with Crippen molar-refractivity contribution in [3.05, 3.63) is 41.5 Å². The Bertz CT molecular complexity index is 689. The zero-order valence-corrected chi connectivity index (χ0v) is 13.4. The third-order valence-electron chi connectivity index (χ3n) is 7.09. The maximum Gasteiger partial charge on any atom is 0.162 e. The van der Waals surface area contributed by atoms with Crippen LogP contribution in [0, 0.1) is 29.6 Å². The van der Waals surface area contributed by atoms with E-state index in [0.717, 1.165) is 0 Å². The number of fused-ring (bicyclic) bond motifs is 4.